The lowest BCUT2D eigenvalue weighted by atomic mass is 10.2. The molecule has 0 saturated carbocycles. The standard InChI is InChI=1S/C21H13BrClNO4/c1-27-21(26)15-11-24(17-5-3-2-4-13(15)17)20(25)19-9-8-18(28-19)14-7-6-12(23)10-16(14)22/h2-11H,1H3. The Balaban J connectivity index is 1.77. The van der Waals surface area contributed by atoms with E-state index in [1.165, 1.54) is 17.9 Å². The maximum absolute atomic E-state index is 13.1. The molecule has 0 amide bonds. The Morgan fingerprint density at radius 1 is 1.11 bits per heavy atom. The zero-order valence-corrected chi connectivity index (χ0v) is 17.0. The van der Waals surface area contributed by atoms with Gasteiger partial charge in [0.1, 0.15) is 5.76 Å². The van der Waals surface area contributed by atoms with Crippen LogP contribution in [-0.2, 0) is 4.74 Å². The lowest BCUT2D eigenvalue weighted by molar-refractivity contribution is 0.0603. The highest BCUT2D eigenvalue weighted by Gasteiger charge is 2.22. The Bertz CT molecular complexity index is 1220. The van der Waals surface area contributed by atoms with Crippen molar-refractivity contribution in [2.75, 3.05) is 7.11 Å². The first-order chi connectivity index (χ1) is 13.5. The van der Waals surface area contributed by atoms with Gasteiger partial charge in [-0.05, 0) is 52.3 Å². The fourth-order valence-corrected chi connectivity index (χ4v) is 3.90. The Labute approximate surface area is 173 Å². The summed E-state index contributed by atoms with van der Waals surface area (Å²) in [5.74, 6) is -0.221. The van der Waals surface area contributed by atoms with E-state index in [4.69, 9.17) is 20.8 Å². The average molecular weight is 459 g/mol. The Hall–Kier alpha value is -2.83. The molecular weight excluding hydrogens is 446 g/mol. The molecule has 2 heterocycles. The number of nitrogens with zero attached hydrogens (tertiary/aromatic N) is 1. The van der Waals surface area contributed by atoms with Gasteiger partial charge >= 0.3 is 5.97 Å². The maximum atomic E-state index is 13.1. The van der Waals surface area contributed by atoms with Gasteiger partial charge in [0.25, 0.3) is 5.91 Å². The smallest absolute Gasteiger partial charge is 0.340 e. The molecule has 0 aliphatic carbocycles. The van der Waals surface area contributed by atoms with E-state index in [0.29, 0.717) is 27.2 Å². The van der Waals surface area contributed by atoms with Crippen LogP contribution < -0.4 is 0 Å². The summed E-state index contributed by atoms with van der Waals surface area (Å²) in [6.45, 7) is 0. The largest absolute Gasteiger partial charge is 0.465 e. The van der Waals surface area contributed by atoms with Crippen LogP contribution in [0.15, 0.2) is 69.7 Å². The van der Waals surface area contributed by atoms with Crippen LogP contribution in [0.2, 0.25) is 5.02 Å². The second-order valence-electron chi connectivity index (χ2n) is 6.01. The highest BCUT2D eigenvalue weighted by atomic mass is 79.9. The molecule has 140 valence electrons. The zero-order valence-electron chi connectivity index (χ0n) is 14.6. The summed E-state index contributed by atoms with van der Waals surface area (Å²) in [6.07, 6.45) is 1.47. The van der Waals surface area contributed by atoms with Gasteiger partial charge in [-0.25, -0.2) is 4.79 Å². The van der Waals surface area contributed by atoms with E-state index < -0.39 is 5.97 Å². The van der Waals surface area contributed by atoms with Crippen LogP contribution in [-0.4, -0.2) is 23.6 Å². The van der Waals surface area contributed by atoms with Crippen molar-refractivity contribution < 1.29 is 18.7 Å². The van der Waals surface area contributed by atoms with Crippen LogP contribution in [0.3, 0.4) is 0 Å². The molecular formula is C21H13BrClNO4. The topological polar surface area (TPSA) is 61.4 Å². The summed E-state index contributed by atoms with van der Waals surface area (Å²) in [5, 5.41) is 1.22. The van der Waals surface area contributed by atoms with E-state index in [1.54, 1.807) is 54.6 Å². The minimum absolute atomic E-state index is 0.147. The van der Waals surface area contributed by atoms with E-state index in [2.05, 4.69) is 15.9 Å². The van der Waals surface area contributed by atoms with Crippen molar-refractivity contribution in [1.82, 2.24) is 4.57 Å². The summed E-state index contributed by atoms with van der Waals surface area (Å²) < 4.78 is 12.8. The highest BCUT2D eigenvalue weighted by molar-refractivity contribution is 9.10. The number of halogens is 2. The number of fused-ring (bicyclic) bond motifs is 1. The number of benzene rings is 2. The third-order valence-corrected chi connectivity index (χ3v) is 5.24. The van der Waals surface area contributed by atoms with Crippen LogP contribution in [0.25, 0.3) is 22.2 Å². The molecule has 0 unspecified atom stereocenters. The predicted molar refractivity (Wildman–Crippen MR) is 110 cm³/mol. The molecule has 4 aromatic rings. The monoisotopic (exact) mass is 457 g/mol. The molecule has 7 heteroatoms. The number of ether oxygens (including phenoxy) is 1. The maximum Gasteiger partial charge on any atom is 0.340 e. The van der Waals surface area contributed by atoms with Crippen LogP contribution in [0, 0.1) is 0 Å². The second kappa shape index (κ2) is 7.30. The van der Waals surface area contributed by atoms with Gasteiger partial charge in [-0.3, -0.25) is 9.36 Å². The quantitative estimate of drug-likeness (QED) is 0.364. The molecule has 0 N–H and O–H groups in total. The molecule has 0 bridgehead atoms. The third-order valence-electron chi connectivity index (χ3n) is 4.35. The molecule has 0 spiro atoms. The van der Waals surface area contributed by atoms with Crippen LogP contribution in [0.4, 0.5) is 0 Å². The number of methoxy groups -OCH3 is 1. The number of para-hydroxylation sites is 1. The summed E-state index contributed by atoms with van der Waals surface area (Å²) in [7, 11) is 1.30. The molecule has 0 aliphatic heterocycles. The first-order valence-corrected chi connectivity index (χ1v) is 9.45. The molecule has 2 aromatic carbocycles. The van der Waals surface area contributed by atoms with Crippen molar-refractivity contribution in [3.63, 3.8) is 0 Å². The summed E-state index contributed by atoms with van der Waals surface area (Å²) in [4.78, 5) is 25.1. The van der Waals surface area contributed by atoms with Crippen LogP contribution >= 0.6 is 27.5 Å². The summed E-state index contributed by atoms with van der Waals surface area (Å²) in [5.41, 5.74) is 1.69. The minimum Gasteiger partial charge on any atom is -0.465 e. The molecule has 0 radical (unpaired) electrons. The normalized spacial score (nSPS) is 11.0. The van der Waals surface area contributed by atoms with Crippen molar-refractivity contribution in [2.24, 2.45) is 0 Å². The summed E-state index contributed by atoms with van der Waals surface area (Å²) in [6, 6.07) is 15.7. The lowest BCUT2D eigenvalue weighted by Gasteiger charge is -2.03. The van der Waals surface area contributed by atoms with Gasteiger partial charge in [0.2, 0.25) is 0 Å². The first-order valence-electron chi connectivity index (χ1n) is 8.28. The number of hydrogen-bond donors (Lipinski definition) is 0. The minimum atomic E-state index is -0.507. The van der Waals surface area contributed by atoms with Crippen molar-refractivity contribution >= 4 is 50.3 Å². The molecule has 2 aromatic heterocycles. The number of hydrogen-bond acceptors (Lipinski definition) is 4. The van der Waals surface area contributed by atoms with Gasteiger partial charge in [-0.15, -0.1) is 0 Å². The lowest BCUT2D eigenvalue weighted by Crippen LogP contribution is -2.10. The number of furan rings is 1. The van der Waals surface area contributed by atoms with Gasteiger partial charge in [-0.1, -0.05) is 29.8 Å². The fraction of sp³-hybridized carbons (Fsp3) is 0.0476. The molecule has 0 saturated heterocycles. The SMILES string of the molecule is COC(=O)c1cn(C(=O)c2ccc(-c3ccc(Cl)cc3Br)o2)c2ccccc12. The van der Waals surface area contributed by atoms with Crippen molar-refractivity contribution in [3.05, 3.63) is 81.6 Å². The Morgan fingerprint density at radius 3 is 2.64 bits per heavy atom. The van der Waals surface area contributed by atoms with Gasteiger partial charge < -0.3 is 9.15 Å². The average Bonchev–Trinajstić information content (AvgIpc) is 3.32. The van der Waals surface area contributed by atoms with Crippen molar-refractivity contribution in [3.8, 4) is 11.3 Å². The van der Waals surface area contributed by atoms with Gasteiger partial charge in [-0.2, -0.15) is 0 Å². The molecule has 0 aliphatic rings. The Morgan fingerprint density at radius 2 is 1.89 bits per heavy atom. The molecule has 5 nitrogen and oxygen atoms in total. The van der Waals surface area contributed by atoms with Crippen molar-refractivity contribution in [1.29, 1.82) is 0 Å². The molecule has 0 atom stereocenters. The van der Waals surface area contributed by atoms with Gasteiger partial charge in [0.15, 0.2) is 5.76 Å². The number of esters is 1. The van der Waals surface area contributed by atoms with Gasteiger partial charge in [0, 0.05) is 26.6 Å². The highest BCUT2D eigenvalue weighted by Crippen LogP contribution is 2.32. The number of carbonyl (C=O) groups excluding carboxylic acids is 2. The van der Waals surface area contributed by atoms with Crippen molar-refractivity contribution in [2.45, 2.75) is 0 Å². The van der Waals surface area contributed by atoms with E-state index >= 15 is 0 Å². The number of aromatic nitrogens is 1. The van der Waals surface area contributed by atoms with E-state index in [1.807, 2.05) is 0 Å². The predicted octanol–water partition coefficient (Wildman–Crippen LogP) is 5.79. The van der Waals surface area contributed by atoms with E-state index in [0.717, 1.165) is 10.0 Å². The molecule has 4 rings (SSSR count). The molecule has 0 fully saturated rings. The number of rotatable bonds is 3. The third kappa shape index (κ3) is 3.15. The van der Waals surface area contributed by atoms with E-state index in [-0.39, 0.29) is 11.7 Å². The summed E-state index contributed by atoms with van der Waals surface area (Å²) >= 11 is 9.43. The van der Waals surface area contributed by atoms with Gasteiger partial charge in [0.05, 0.1) is 18.2 Å². The second-order valence-corrected chi connectivity index (χ2v) is 7.31. The van der Waals surface area contributed by atoms with Crippen LogP contribution in [0.5, 0.6) is 0 Å². The molecule has 28 heavy (non-hydrogen) atoms. The number of carbonyl (C=O) groups is 2. The fourth-order valence-electron chi connectivity index (χ4n) is 3.03. The first kappa shape index (κ1) is 18.5. The zero-order chi connectivity index (χ0) is 19.8. The van der Waals surface area contributed by atoms with E-state index in [9.17, 15) is 9.59 Å². The van der Waals surface area contributed by atoms with Crippen LogP contribution in [0.1, 0.15) is 20.9 Å². The Kier molecular flexibility index (Phi) is 4.83.